The molecule has 108 valence electrons. The summed E-state index contributed by atoms with van der Waals surface area (Å²) in [6.07, 6.45) is 0. The van der Waals surface area contributed by atoms with Gasteiger partial charge in [0.05, 0.1) is 26.4 Å². The second kappa shape index (κ2) is 5.55. The van der Waals surface area contributed by atoms with Gasteiger partial charge in [-0.05, 0) is 40.2 Å². The van der Waals surface area contributed by atoms with Crippen LogP contribution in [-0.2, 0) is 5.88 Å². The molecule has 0 aliphatic carbocycles. The smallest absolute Gasteiger partial charge is 0.141 e. The number of alkyl halides is 1. The highest BCUT2D eigenvalue weighted by Gasteiger charge is 2.15. The average Bonchev–Trinajstić information content (AvgIpc) is 2.80. The van der Waals surface area contributed by atoms with Crippen LogP contribution in [-0.4, -0.2) is 9.55 Å². The van der Waals surface area contributed by atoms with E-state index >= 15 is 0 Å². The minimum atomic E-state index is -0.522. The largest absolute Gasteiger partial charge is 0.295 e. The molecule has 0 saturated carbocycles. The molecule has 0 spiro atoms. The standard InChI is InChI=1S/C14H7BrCl2F2N2/c15-8-4-12-13(5-11(8)19)21(14(6-16)20-12)7-1-2-10(18)9(17)3-7/h1-5H,6H2. The Morgan fingerprint density at radius 2 is 1.90 bits per heavy atom. The average molecular weight is 392 g/mol. The maximum Gasteiger partial charge on any atom is 0.141 e. The lowest BCUT2D eigenvalue weighted by atomic mass is 10.2. The fraction of sp³-hybridized carbons (Fsp3) is 0.0714. The van der Waals surface area contributed by atoms with E-state index in [4.69, 9.17) is 23.2 Å². The Morgan fingerprint density at radius 3 is 2.57 bits per heavy atom. The summed E-state index contributed by atoms with van der Waals surface area (Å²) >= 11 is 14.8. The number of halogens is 5. The summed E-state index contributed by atoms with van der Waals surface area (Å²) in [4.78, 5) is 4.36. The Bertz CT molecular complexity index is 849. The van der Waals surface area contributed by atoms with Gasteiger partial charge in [0, 0.05) is 11.8 Å². The second-order valence-electron chi connectivity index (χ2n) is 4.35. The molecule has 0 fully saturated rings. The van der Waals surface area contributed by atoms with E-state index in [0.717, 1.165) is 0 Å². The zero-order chi connectivity index (χ0) is 15.1. The number of aromatic nitrogens is 2. The van der Waals surface area contributed by atoms with Gasteiger partial charge in [0.25, 0.3) is 0 Å². The molecule has 0 aliphatic rings. The molecule has 2 aromatic carbocycles. The summed E-state index contributed by atoms with van der Waals surface area (Å²) in [7, 11) is 0. The van der Waals surface area contributed by atoms with E-state index in [1.807, 2.05) is 0 Å². The highest BCUT2D eigenvalue weighted by molar-refractivity contribution is 9.10. The first-order valence-electron chi connectivity index (χ1n) is 5.89. The zero-order valence-corrected chi connectivity index (χ0v) is 13.5. The third-order valence-electron chi connectivity index (χ3n) is 3.05. The molecule has 0 saturated heterocycles. The van der Waals surface area contributed by atoms with E-state index in [-0.39, 0.29) is 10.9 Å². The summed E-state index contributed by atoms with van der Waals surface area (Å²) in [5.41, 5.74) is 1.69. The first-order chi connectivity index (χ1) is 10.0. The monoisotopic (exact) mass is 390 g/mol. The quantitative estimate of drug-likeness (QED) is 0.530. The van der Waals surface area contributed by atoms with Crippen LogP contribution >= 0.6 is 39.1 Å². The molecular weight excluding hydrogens is 385 g/mol. The highest BCUT2D eigenvalue weighted by Crippen LogP contribution is 2.29. The number of imidazole rings is 1. The molecule has 1 aromatic heterocycles. The van der Waals surface area contributed by atoms with Gasteiger partial charge in [0.1, 0.15) is 17.5 Å². The van der Waals surface area contributed by atoms with Crippen LogP contribution in [0.25, 0.3) is 16.7 Å². The predicted octanol–water partition coefficient (Wildman–Crippen LogP) is 5.46. The van der Waals surface area contributed by atoms with Crippen LogP contribution in [0, 0.1) is 11.6 Å². The van der Waals surface area contributed by atoms with Crippen molar-refractivity contribution in [1.29, 1.82) is 0 Å². The van der Waals surface area contributed by atoms with E-state index in [9.17, 15) is 8.78 Å². The molecule has 0 N–H and O–H groups in total. The van der Waals surface area contributed by atoms with Gasteiger partial charge in [0.15, 0.2) is 0 Å². The third kappa shape index (κ3) is 2.54. The van der Waals surface area contributed by atoms with Gasteiger partial charge >= 0.3 is 0 Å². The first kappa shape index (κ1) is 14.8. The van der Waals surface area contributed by atoms with E-state index in [1.54, 1.807) is 16.7 Å². The molecule has 3 rings (SSSR count). The number of fused-ring (bicyclic) bond motifs is 1. The molecule has 0 unspecified atom stereocenters. The molecule has 1 heterocycles. The van der Waals surface area contributed by atoms with Gasteiger partial charge in [-0.25, -0.2) is 13.8 Å². The van der Waals surface area contributed by atoms with Crippen LogP contribution in [0.1, 0.15) is 5.82 Å². The Labute approximate surface area is 137 Å². The molecule has 2 nitrogen and oxygen atoms in total. The van der Waals surface area contributed by atoms with Gasteiger partial charge in [-0.3, -0.25) is 4.57 Å². The zero-order valence-electron chi connectivity index (χ0n) is 10.4. The Balaban J connectivity index is 2.34. The number of hydrogen-bond donors (Lipinski definition) is 0. The fourth-order valence-corrected chi connectivity index (χ4v) is 2.81. The Kier molecular flexibility index (Phi) is 3.90. The third-order valence-corrected chi connectivity index (χ3v) is 4.18. The van der Waals surface area contributed by atoms with Crippen molar-refractivity contribution >= 4 is 50.2 Å². The van der Waals surface area contributed by atoms with E-state index in [0.29, 0.717) is 27.0 Å². The summed E-state index contributed by atoms with van der Waals surface area (Å²) < 4.78 is 29.1. The van der Waals surface area contributed by atoms with E-state index in [1.165, 1.54) is 18.2 Å². The van der Waals surface area contributed by atoms with E-state index < -0.39 is 11.6 Å². The molecular formula is C14H7BrCl2F2N2. The second-order valence-corrected chi connectivity index (χ2v) is 5.88. The molecule has 0 aliphatic heterocycles. The van der Waals surface area contributed by atoms with Crippen LogP contribution in [0.3, 0.4) is 0 Å². The molecule has 7 heteroatoms. The van der Waals surface area contributed by atoms with Crippen LogP contribution in [0.5, 0.6) is 0 Å². The summed E-state index contributed by atoms with van der Waals surface area (Å²) in [6, 6.07) is 7.16. The summed E-state index contributed by atoms with van der Waals surface area (Å²) in [5.74, 6) is -0.292. The van der Waals surface area contributed by atoms with Gasteiger partial charge in [0.2, 0.25) is 0 Å². The first-order valence-corrected chi connectivity index (χ1v) is 7.59. The number of hydrogen-bond acceptors (Lipinski definition) is 1. The number of benzene rings is 2. The molecule has 0 atom stereocenters. The Hall–Kier alpha value is -1.17. The lowest BCUT2D eigenvalue weighted by Gasteiger charge is -2.09. The van der Waals surface area contributed by atoms with Crippen molar-refractivity contribution in [2.75, 3.05) is 0 Å². The van der Waals surface area contributed by atoms with Crippen molar-refractivity contribution in [3.63, 3.8) is 0 Å². The van der Waals surface area contributed by atoms with Crippen molar-refractivity contribution in [3.05, 3.63) is 57.3 Å². The summed E-state index contributed by atoms with van der Waals surface area (Å²) in [5, 5.41) is -0.0209. The number of nitrogens with zero attached hydrogens (tertiary/aromatic N) is 2. The van der Waals surface area contributed by atoms with Crippen molar-refractivity contribution in [3.8, 4) is 5.69 Å². The molecule has 0 amide bonds. The van der Waals surface area contributed by atoms with Crippen molar-refractivity contribution in [1.82, 2.24) is 9.55 Å². The van der Waals surface area contributed by atoms with Gasteiger partial charge < -0.3 is 0 Å². The normalized spacial score (nSPS) is 11.3. The van der Waals surface area contributed by atoms with Crippen LogP contribution in [0.15, 0.2) is 34.8 Å². The maximum absolute atomic E-state index is 13.8. The van der Waals surface area contributed by atoms with Crippen molar-refractivity contribution in [2.45, 2.75) is 5.88 Å². The minimum absolute atomic E-state index is 0.0209. The van der Waals surface area contributed by atoms with Gasteiger partial charge in [-0.2, -0.15) is 0 Å². The van der Waals surface area contributed by atoms with Gasteiger partial charge in [-0.1, -0.05) is 11.6 Å². The fourth-order valence-electron chi connectivity index (χ4n) is 2.12. The highest BCUT2D eigenvalue weighted by atomic mass is 79.9. The summed E-state index contributed by atoms with van der Waals surface area (Å²) in [6.45, 7) is 0. The van der Waals surface area contributed by atoms with E-state index in [2.05, 4.69) is 20.9 Å². The van der Waals surface area contributed by atoms with Gasteiger partial charge in [-0.15, -0.1) is 11.6 Å². The van der Waals surface area contributed by atoms with Crippen LogP contribution < -0.4 is 0 Å². The molecule has 3 aromatic rings. The lowest BCUT2D eigenvalue weighted by Crippen LogP contribution is -2.00. The minimum Gasteiger partial charge on any atom is -0.295 e. The van der Waals surface area contributed by atoms with Crippen LogP contribution in [0.2, 0.25) is 5.02 Å². The molecule has 0 bridgehead atoms. The van der Waals surface area contributed by atoms with Crippen molar-refractivity contribution < 1.29 is 8.78 Å². The molecule has 21 heavy (non-hydrogen) atoms. The lowest BCUT2D eigenvalue weighted by molar-refractivity contribution is 0.622. The maximum atomic E-state index is 13.8. The number of rotatable bonds is 2. The SMILES string of the molecule is Fc1ccc(-n2c(CCl)nc3cc(Br)c(F)cc32)cc1Cl. The van der Waals surface area contributed by atoms with Crippen LogP contribution in [0.4, 0.5) is 8.78 Å². The molecule has 0 radical (unpaired) electrons. The Morgan fingerprint density at radius 1 is 1.14 bits per heavy atom. The topological polar surface area (TPSA) is 17.8 Å². The van der Waals surface area contributed by atoms with Crippen molar-refractivity contribution in [2.24, 2.45) is 0 Å². The predicted molar refractivity (Wildman–Crippen MR) is 83.3 cm³/mol.